The van der Waals surface area contributed by atoms with Crippen molar-refractivity contribution in [2.24, 2.45) is 0 Å². The second-order valence-corrected chi connectivity index (χ2v) is 5.16. The van der Waals surface area contributed by atoms with E-state index in [2.05, 4.69) is 15.2 Å². The molecule has 6 nitrogen and oxygen atoms in total. The fraction of sp³-hybridized carbons (Fsp3) is 0.294. The van der Waals surface area contributed by atoms with Gasteiger partial charge < -0.3 is 19.7 Å². The summed E-state index contributed by atoms with van der Waals surface area (Å²) >= 11 is 0. The first-order valence-electron chi connectivity index (χ1n) is 7.51. The van der Waals surface area contributed by atoms with Gasteiger partial charge in [-0.25, -0.2) is 4.98 Å². The lowest BCUT2D eigenvalue weighted by molar-refractivity contribution is 0.102. The highest BCUT2D eigenvalue weighted by atomic mass is 16.5. The Morgan fingerprint density at radius 3 is 2.70 bits per heavy atom. The third kappa shape index (κ3) is 3.60. The second kappa shape index (κ2) is 7.11. The Balaban J connectivity index is 1.77. The monoisotopic (exact) mass is 313 g/mol. The molecule has 0 atom stereocenters. The van der Waals surface area contributed by atoms with Gasteiger partial charge in [0.05, 0.1) is 37.3 Å². The van der Waals surface area contributed by atoms with E-state index in [0.29, 0.717) is 24.7 Å². The molecule has 6 heteroatoms. The number of benzene rings is 1. The quantitative estimate of drug-likeness (QED) is 0.937. The largest absolute Gasteiger partial charge is 0.481 e. The highest BCUT2D eigenvalue weighted by Gasteiger charge is 2.16. The lowest BCUT2D eigenvalue weighted by Gasteiger charge is -2.30. The molecule has 0 aliphatic carbocycles. The smallest absolute Gasteiger partial charge is 0.257 e. The molecule has 1 aliphatic heterocycles. The minimum atomic E-state index is -0.194. The Hall–Kier alpha value is -2.60. The van der Waals surface area contributed by atoms with Crippen LogP contribution >= 0.6 is 0 Å². The summed E-state index contributed by atoms with van der Waals surface area (Å²) in [5.41, 5.74) is 2.28. The van der Waals surface area contributed by atoms with Crippen molar-refractivity contribution >= 4 is 17.3 Å². The number of rotatable bonds is 4. The van der Waals surface area contributed by atoms with E-state index in [1.54, 1.807) is 19.2 Å². The summed E-state index contributed by atoms with van der Waals surface area (Å²) < 4.78 is 10.4. The summed E-state index contributed by atoms with van der Waals surface area (Å²) in [6.45, 7) is 3.03. The number of morpholine rings is 1. The van der Waals surface area contributed by atoms with Crippen LogP contribution in [-0.4, -0.2) is 44.3 Å². The summed E-state index contributed by atoms with van der Waals surface area (Å²) in [5, 5.41) is 2.96. The number of hydrogen-bond donors (Lipinski definition) is 1. The molecule has 0 radical (unpaired) electrons. The van der Waals surface area contributed by atoms with Gasteiger partial charge in [0.1, 0.15) is 0 Å². The van der Waals surface area contributed by atoms with Gasteiger partial charge in [0.15, 0.2) is 0 Å². The number of pyridine rings is 1. The normalized spacial score (nSPS) is 14.4. The van der Waals surface area contributed by atoms with Crippen molar-refractivity contribution in [3.8, 4) is 5.88 Å². The van der Waals surface area contributed by atoms with Gasteiger partial charge in [-0.1, -0.05) is 12.1 Å². The van der Waals surface area contributed by atoms with Gasteiger partial charge in [-0.3, -0.25) is 4.79 Å². The van der Waals surface area contributed by atoms with Crippen molar-refractivity contribution in [1.82, 2.24) is 4.98 Å². The molecule has 1 aliphatic rings. The number of amides is 1. The van der Waals surface area contributed by atoms with Crippen LogP contribution in [0.25, 0.3) is 0 Å². The zero-order valence-corrected chi connectivity index (χ0v) is 13.0. The van der Waals surface area contributed by atoms with E-state index >= 15 is 0 Å². The molecule has 1 amide bonds. The second-order valence-electron chi connectivity index (χ2n) is 5.16. The van der Waals surface area contributed by atoms with Gasteiger partial charge in [0.2, 0.25) is 5.88 Å². The lowest BCUT2D eigenvalue weighted by Crippen LogP contribution is -2.36. The van der Waals surface area contributed by atoms with Crippen molar-refractivity contribution in [1.29, 1.82) is 0 Å². The molecule has 1 saturated heterocycles. The molecule has 3 rings (SSSR count). The number of carbonyl (C=O) groups excluding carboxylic acids is 1. The van der Waals surface area contributed by atoms with Gasteiger partial charge in [-0.05, 0) is 18.2 Å². The van der Waals surface area contributed by atoms with E-state index in [1.807, 2.05) is 24.3 Å². The number of methoxy groups -OCH3 is 1. The van der Waals surface area contributed by atoms with Crippen LogP contribution in [0.3, 0.4) is 0 Å². The zero-order valence-electron chi connectivity index (χ0n) is 13.0. The fourth-order valence-corrected chi connectivity index (χ4v) is 2.49. The Kier molecular flexibility index (Phi) is 4.73. The van der Waals surface area contributed by atoms with Gasteiger partial charge >= 0.3 is 0 Å². The Labute approximate surface area is 135 Å². The molecule has 1 aromatic carbocycles. The van der Waals surface area contributed by atoms with E-state index < -0.39 is 0 Å². The minimum Gasteiger partial charge on any atom is -0.481 e. The SMILES string of the molecule is COc1ccc(C(=O)Nc2ccccc2N2CCOCC2)cn1. The molecular weight excluding hydrogens is 294 g/mol. The summed E-state index contributed by atoms with van der Waals surface area (Å²) in [4.78, 5) is 18.7. The van der Waals surface area contributed by atoms with Crippen LogP contribution in [0.1, 0.15) is 10.4 Å². The molecular formula is C17H19N3O3. The molecule has 1 aromatic heterocycles. The van der Waals surface area contributed by atoms with E-state index in [1.165, 1.54) is 6.20 Å². The molecule has 120 valence electrons. The minimum absolute atomic E-state index is 0.194. The van der Waals surface area contributed by atoms with Gasteiger partial charge in [-0.15, -0.1) is 0 Å². The van der Waals surface area contributed by atoms with Gasteiger partial charge in [0, 0.05) is 25.4 Å². The number of anilines is 2. The van der Waals surface area contributed by atoms with E-state index in [0.717, 1.165) is 24.5 Å². The predicted octanol–water partition coefficient (Wildman–Crippen LogP) is 2.18. The first-order chi connectivity index (χ1) is 11.3. The van der Waals surface area contributed by atoms with Crippen molar-refractivity contribution < 1.29 is 14.3 Å². The number of carbonyl (C=O) groups is 1. The summed E-state index contributed by atoms with van der Waals surface area (Å²) in [6.07, 6.45) is 1.51. The number of para-hydroxylation sites is 2. The van der Waals surface area contributed by atoms with Crippen LogP contribution < -0.4 is 15.0 Å². The molecule has 23 heavy (non-hydrogen) atoms. The summed E-state index contributed by atoms with van der Waals surface area (Å²) in [6, 6.07) is 11.1. The number of hydrogen-bond acceptors (Lipinski definition) is 5. The molecule has 0 spiro atoms. The summed E-state index contributed by atoms with van der Waals surface area (Å²) in [5.74, 6) is 0.288. The zero-order chi connectivity index (χ0) is 16.1. The Morgan fingerprint density at radius 2 is 2.00 bits per heavy atom. The van der Waals surface area contributed by atoms with Crippen molar-refractivity contribution in [2.45, 2.75) is 0 Å². The van der Waals surface area contributed by atoms with Crippen LogP contribution in [0.4, 0.5) is 11.4 Å². The number of nitrogens with zero attached hydrogens (tertiary/aromatic N) is 2. The van der Waals surface area contributed by atoms with E-state index in [9.17, 15) is 4.79 Å². The number of aromatic nitrogens is 1. The maximum absolute atomic E-state index is 12.4. The third-order valence-corrected chi connectivity index (χ3v) is 3.71. The van der Waals surface area contributed by atoms with Gasteiger partial charge in [0.25, 0.3) is 5.91 Å². The summed E-state index contributed by atoms with van der Waals surface area (Å²) in [7, 11) is 1.54. The molecule has 1 fully saturated rings. The van der Waals surface area contributed by atoms with E-state index in [4.69, 9.17) is 9.47 Å². The van der Waals surface area contributed by atoms with Crippen molar-refractivity contribution in [3.05, 3.63) is 48.2 Å². The number of ether oxygens (including phenoxy) is 2. The molecule has 0 unspecified atom stereocenters. The Morgan fingerprint density at radius 1 is 1.22 bits per heavy atom. The predicted molar refractivity (Wildman–Crippen MR) is 88.2 cm³/mol. The van der Waals surface area contributed by atoms with Crippen LogP contribution in [0.15, 0.2) is 42.6 Å². The number of nitrogens with one attached hydrogen (secondary N) is 1. The Bertz CT molecular complexity index is 667. The maximum Gasteiger partial charge on any atom is 0.257 e. The highest BCUT2D eigenvalue weighted by Crippen LogP contribution is 2.26. The molecule has 0 saturated carbocycles. The van der Waals surface area contributed by atoms with Crippen LogP contribution in [0.5, 0.6) is 5.88 Å². The fourth-order valence-electron chi connectivity index (χ4n) is 2.49. The lowest BCUT2D eigenvalue weighted by atomic mass is 10.2. The van der Waals surface area contributed by atoms with E-state index in [-0.39, 0.29) is 5.91 Å². The van der Waals surface area contributed by atoms with Crippen molar-refractivity contribution in [2.75, 3.05) is 43.6 Å². The topological polar surface area (TPSA) is 63.7 Å². The molecule has 1 N–H and O–H groups in total. The van der Waals surface area contributed by atoms with Gasteiger partial charge in [-0.2, -0.15) is 0 Å². The average Bonchev–Trinajstić information content (AvgIpc) is 2.63. The molecule has 2 heterocycles. The third-order valence-electron chi connectivity index (χ3n) is 3.71. The molecule has 0 bridgehead atoms. The average molecular weight is 313 g/mol. The van der Waals surface area contributed by atoms with Crippen LogP contribution in [0.2, 0.25) is 0 Å². The first kappa shape index (κ1) is 15.3. The standard InChI is InChI=1S/C17H19N3O3/c1-22-16-7-6-13(12-18-16)17(21)19-14-4-2-3-5-15(14)20-8-10-23-11-9-20/h2-7,12H,8-11H2,1H3,(H,19,21). The maximum atomic E-state index is 12.4. The highest BCUT2D eigenvalue weighted by molar-refractivity contribution is 6.05. The molecule has 2 aromatic rings. The van der Waals surface area contributed by atoms with Crippen molar-refractivity contribution in [3.63, 3.8) is 0 Å². The first-order valence-corrected chi connectivity index (χ1v) is 7.51. The van der Waals surface area contributed by atoms with Crippen LogP contribution in [-0.2, 0) is 4.74 Å². The van der Waals surface area contributed by atoms with Crippen LogP contribution in [0, 0.1) is 0 Å².